The second-order valence-corrected chi connectivity index (χ2v) is 4.95. The maximum absolute atomic E-state index is 12.3. The Kier molecular flexibility index (Phi) is 4.64. The van der Waals surface area contributed by atoms with Gasteiger partial charge in [-0.05, 0) is 31.2 Å². The molecule has 0 unspecified atom stereocenters. The van der Waals surface area contributed by atoms with E-state index in [0.717, 1.165) is 0 Å². The molecule has 0 aliphatic rings. The molecule has 0 fully saturated rings. The SMILES string of the molecule is CC(=O)c1ccc[n+]([C@@H](C)C(=O)Nc2cccc(C#N)c2)c1. The third-order valence-electron chi connectivity index (χ3n) is 3.31. The van der Waals surface area contributed by atoms with Crippen LogP contribution in [0.3, 0.4) is 0 Å². The van der Waals surface area contributed by atoms with Crippen LogP contribution in [-0.2, 0) is 4.79 Å². The summed E-state index contributed by atoms with van der Waals surface area (Å²) in [5.41, 5.74) is 1.60. The summed E-state index contributed by atoms with van der Waals surface area (Å²) in [5, 5.41) is 11.6. The zero-order valence-corrected chi connectivity index (χ0v) is 12.4. The molecule has 0 bridgehead atoms. The van der Waals surface area contributed by atoms with Gasteiger partial charge in [0.2, 0.25) is 6.04 Å². The average Bonchev–Trinajstić information content (AvgIpc) is 2.54. The summed E-state index contributed by atoms with van der Waals surface area (Å²) in [6.07, 6.45) is 3.39. The van der Waals surface area contributed by atoms with Gasteiger partial charge in [-0.25, -0.2) is 0 Å². The predicted octanol–water partition coefficient (Wildman–Crippen LogP) is 2.25. The Morgan fingerprint density at radius 1 is 1.27 bits per heavy atom. The first-order valence-corrected chi connectivity index (χ1v) is 6.84. The Labute approximate surface area is 128 Å². The number of carbonyl (C=O) groups excluding carboxylic acids is 2. The van der Waals surface area contributed by atoms with E-state index >= 15 is 0 Å². The van der Waals surface area contributed by atoms with Gasteiger partial charge >= 0.3 is 0 Å². The quantitative estimate of drug-likeness (QED) is 0.694. The summed E-state index contributed by atoms with van der Waals surface area (Å²) in [6, 6.07) is 11.7. The van der Waals surface area contributed by atoms with Crippen LogP contribution in [0.5, 0.6) is 0 Å². The van der Waals surface area contributed by atoms with E-state index in [1.807, 2.05) is 6.07 Å². The van der Waals surface area contributed by atoms with Crippen LogP contribution in [0.2, 0.25) is 0 Å². The number of amides is 1. The molecule has 0 saturated heterocycles. The van der Waals surface area contributed by atoms with Crippen molar-refractivity contribution in [3.8, 4) is 6.07 Å². The van der Waals surface area contributed by atoms with Gasteiger partial charge in [-0.2, -0.15) is 9.83 Å². The number of Topliss-reactive ketones (excluding diaryl/α,β-unsaturated/α-hetero) is 1. The summed E-state index contributed by atoms with van der Waals surface area (Å²) >= 11 is 0. The van der Waals surface area contributed by atoms with E-state index in [9.17, 15) is 9.59 Å². The molecule has 22 heavy (non-hydrogen) atoms. The number of anilines is 1. The van der Waals surface area contributed by atoms with Gasteiger partial charge < -0.3 is 5.32 Å². The summed E-state index contributed by atoms with van der Waals surface area (Å²) in [4.78, 5) is 23.7. The van der Waals surface area contributed by atoms with Crippen molar-refractivity contribution in [1.82, 2.24) is 0 Å². The maximum Gasteiger partial charge on any atom is 0.293 e. The van der Waals surface area contributed by atoms with E-state index in [2.05, 4.69) is 5.32 Å². The number of benzene rings is 1. The molecule has 5 nitrogen and oxygen atoms in total. The van der Waals surface area contributed by atoms with Crippen molar-refractivity contribution >= 4 is 17.4 Å². The predicted molar refractivity (Wildman–Crippen MR) is 81.1 cm³/mol. The van der Waals surface area contributed by atoms with Crippen LogP contribution < -0.4 is 9.88 Å². The van der Waals surface area contributed by atoms with E-state index in [4.69, 9.17) is 5.26 Å². The molecule has 1 aromatic carbocycles. The highest BCUT2D eigenvalue weighted by Crippen LogP contribution is 2.11. The lowest BCUT2D eigenvalue weighted by molar-refractivity contribution is -0.705. The van der Waals surface area contributed by atoms with Gasteiger partial charge in [0.1, 0.15) is 0 Å². The molecule has 1 heterocycles. The highest BCUT2D eigenvalue weighted by Gasteiger charge is 2.22. The summed E-state index contributed by atoms with van der Waals surface area (Å²) in [5.74, 6) is -0.274. The third kappa shape index (κ3) is 3.55. The average molecular weight is 294 g/mol. The zero-order valence-electron chi connectivity index (χ0n) is 12.4. The molecule has 0 aliphatic heterocycles. The van der Waals surface area contributed by atoms with Crippen molar-refractivity contribution in [3.05, 3.63) is 59.9 Å². The minimum Gasteiger partial charge on any atom is -0.320 e. The molecule has 0 radical (unpaired) electrons. The lowest BCUT2D eigenvalue weighted by Crippen LogP contribution is -2.44. The Balaban J connectivity index is 2.17. The number of nitrogens with zero attached hydrogens (tertiary/aromatic N) is 2. The number of hydrogen-bond acceptors (Lipinski definition) is 3. The summed E-state index contributed by atoms with van der Waals surface area (Å²) < 4.78 is 1.68. The van der Waals surface area contributed by atoms with Gasteiger partial charge in [-0.3, -0.25) is 9.59 Å². The fourth-order valence-corrected chi connectivity index (χ4v) is 1.99. The van der Waals surface area contributed by atoms with E-state index in [1.165, 1.54) is 6.92 Å². The third-order valence-corrected chi connectivity index (χ3v) is 3.31. The smallest absolute Gasteiger partial charge is 0.293 e. The molecule has 1 amide bonds. The minimum absolute atomic E-state index is 0.0521. The normalized spacial score (nSPS) is 11.3. The van der Waals surface area contributed by atoms with Gasteiger partial charge in [0.25, 0.3) is 5.91 Å². The molecule has 1 N–H and O–H groups in total. The monoisotopic (exact) mass is 294 g/mol. The highest BCUT2D eigenvalue weighted by atomic mass is 16.2. The molecule has 1 atom stereocenters. The standard InChI is InChI=1S/C17H15N3O2/c1-12(20-8-4-6-15(11-20)13(2)21)17(22)19-16-7-3-5-14(9-16)10-18/h3-9,11-12H,1-2H3/p+1/t12-/m0/s1. The molecule has 0 spiro atoms. The van der Waals surface area contributed by atoms with Crippen LogP contribution in [0, 0.1) is 11.3 Å². The van der Waals surface area contributed by atoms with Crippen molar-refractivity contribution in [2.75, 3.05) is 5.32 Å². The van der Waals surface area contributed by atoms with Crippen LogP contribution in [0.4, 0.5) is 5.69 Å². The van der Waals surface area contributed by atoms with Crippen LogP contribution in [0.25, 0.3) is 0 Å². The van der Waals surface area contributed by atoms with Gasteiger partial charge in [0.05, 0.1) is 17.2 Å². The molecule has 2 aromatic rings. The first-order chi connectivity index (χ1) is 10.5. The van der Waals surface area contributed by atoms with E-state index in [0.29, 0.717) is 16.8 Å². The van der Waals surface area contributed by atoms with Crippen LogP contribution in [0.15, 0.2) is 48.8 Å². The van der Waals surface area contributed by atoms with Crippen LogP contribution in [0.1, 0.15) is 35.8 Å². The van der Waals surface area contributed by atoms with E-state index < -0.39 is 6.04 Å². The Morgan fingerprint density at radius 2 is 2.05 bits per heavy atom. The lowest BCUT2D eigenvalue weighted by Gasteiger charge is -2.09. The van der Waals surface area contributed by atoms with Crippen molar-refractivity contribution in [2.45, 2.75) is 19.9 Å². The largest absolute Gasteiger partial charge is 0.320 e. The first kappa shape index (κ1) is 15.4. The fourth-order valence-electron chi connectivity index (χ4n) is 1.99. The molecule has 0 aliphatic carbocycles. The molecule has 0 saturated carbocycles. The number of carbonyl (C=O) groups is 2. The van der Waals surface area contributed by atoms with Crippen LogP contribution in [-0.4, -0.2) is 11.7 Å². The number of nitrogens with one attached hydrogen (secondary N) is 1. The molecule has 5 heteroatoms. The van der Waals surface area contributed by atoms with Gasteiger partial charge in [-0.15, -0.1) is 0 Å². The number of nitriles is 1. The van der Waals surface area contributed by atoms with Crippen molar-refractivity contribution in [1.29, 1.82) is 5.26 Å². The topological polar surface area (TPSA) is 73.8 Å². The second kappa shape index (κ2) is 6.64. The van der Waals surface area contributed by atoms with Gasteiger partial charge in [0.15, 0.2) is 18.2 Å². The number of ketones is 1. The Bertz CT molecular complexity index is 762. The Hall–Kier alpha value is -3.00. The number of aromatic nitrogens is 1. The fraction of sp³-hybridized carbons (Fsp3) is 0.176. The summed E-state index contributed by atoms with van der Waals surface area (Å²) in [6.45, 7) is 3.23. The highest BCUT2D eigenvalue weighted by molar-refractivity contribution is 5.94. The van der Waals surface area contributed by atoms with Gasteiger partial charge in [0, 0.05) is 18.7 Å². The van der Waals surface area contributed by atoms with Crippen LogP contribution >= 0.6 is 0 Å². The minimum atomic E-state index is -0.481. The van der Waals surface area contributed by atoms with Crippen molar-refractivity contribution < 1.29 is 14.2 Å². The lowest BCUT2D eigenvalue weighted by atomic mass is 10.2. The first-order valence-electron chi connectivity index (χ1n) is 6.84. The molecule has 1 aromatic heterocycles. The molecule has 110 valence electrons. The number of pyridine rings is 1. The van der Waals surface area contributed by atoms with Crippen molar-refractivity contribution in [3.63, 3.8) is 0 Å². The van der Waals surface area contributed by atoms with Crippen molar-refractivity contribution in [2.24, 2.45) is 0 Å². The molecular formula is C17H16N3O2+. The number of rotatable bonds is 4. The zero-order chi connectivity index (χ0) is 16.1. The van der Waals surface area contributed by atoms with Gasteiger partial charge in [-0.1, -0.05) is 6.07 Å². The number of hydrogen-bond donors (Lipinski definition) is 1. The van der Waals surface area contributed by atoms with E-state index in [1.54, 1.807) is 60.3 Å². The van der Waals surface area contributed by atoms with E-state index in [-0.39, 0.29) is 11.7 Å². The molecular weight excluding hydrogens is 278 g/mol. The Morgan fingerprint density at radius 3 is 2.73 bits per heavy atom. The maximum atomic E-state index is 12.3. The molecule has 2 rings (SSSR count). The second-order valence-electron chi connectivity index (χ2n) is 4.95. The summed E-state index contributed by atoms with van der Waals surface area (Å²) in [7, 11) is 0.